The Hall–Kier alpha value is -2.43. The summed E-state index contributed by atoms with van der Waals surface area (Å²) >= 11 is 0. The fourth-order valence-corrected chi connectivity index (χ4v) is 4.46. The summed E-state index contributed by atoms with van der Waals surface area (Å²) in [4.78, 5) is 2.52. The summed E-state index contributed by atoms with van der Waals surface area (Å²) in [6.07, 6.45) is 9.31. The van der Waals surface area contributed by atoms with Crippen LogP contribution in [0, 0.1) is 5.41 Å². The molecule has 4 nitrogen and oxygen atoms in total. The summed E-state index contributed by atoms with van der Waals surface area (Å²) in [5, 5.41) is 14.5. The van der Waals surface area contributed by atoms with Crippen molar-refractivity contribution >= 4 is 0 Å². The van der Waals surface area contributed by atoms with E-state index in [-0.39, 0.29) is 5.41 Å². The molecular formula is C25H31N3O. The van der Waals surface area contributed by atoms with Gasteiger partial charge < -0.3 is 5.11 Å². The number of benzene rings is 2. The Bertz CT molecular complexity index is 868. The van der Waals surface area contributed by atoms with E-state index in [1.54, 1.807) is 0 Å². The maximum atomic E-state index is 10.1. The predicted octanol–water partition coefficient (Wildman–Crippen LogP) is 4.47. The number of likely N-dealkylation sites (tertiary alicyclic amines) is 1. The normalized spacial score (nSPS) is 16.7. The van der Waals surface area contributed by atoms with Crippen LogP contribution in [0.1, 0.15) is 36.8 Å². The number of nitrogens with zero attached hydrogens (tertiary/aromatic N) is 3. The zero-order chi connectivity index (χ0) is 19.9. The Morgan fingerprint density at radius 2 is 1.72 bits per heavy atom. The summed E-state index contributed by atoms with van der Waals surface area (Å²) in [6.45, 7) is 3.38. The van der Waals surface area contributed by atoms with E-state index in [2.05, 4.69) is 64.6 Å². The van der Waals surface area contributed by atoms with Gasteiger partial charge in [0, 0.05) is 25.5 Å². The van der Waals surface area contributed by atoms with E-state index in [0.717, 1.165) is 57.4 Å². The van der Waals surface area contributed by atoms with Gasteiger partial charge in [0.05, 0.1) is 5.69 Å². The van der Waals surface area contributed by atoms with Gasteiger partial charge in [0.15, 0.2) is 0 Å². The van der Waals surface area contributed by atoms with Crippen LogP contribution in [-0.4, -0.2) is 39.5 Å². The highest BCUT2D eigenvalue weighted by Crippen LogP contribution is 2.36. The molecule has 2 heterocycles. The van der Waals surface area contributed by atoms with Gasteiger partial charge in [-0.2, -0.15) is 5.10 Å². The van der Waals surface area contributed by atoms with Crippen molar-refractivity contribution in [1.29, 1.82) is 0 Å². The van der Waals surface area contributed by atoms with E-state index >= 15 is 0 Å². The third-order valence-electron chi connectivity index (χ3n) is 6.35. The number of aliphatic hydroxyl groups is 1. The fourth-order valence-electron chi connectivity index (χ4n) is 4.46. The van der Waals surface area contributed by atoms with Crippen LogP contribution in [-0.2, 0) is 13.0 Å². The van der Waals surface area contributed by atoms with Crippen molar-refractivity contribution in [2.24, 2.45) is 5.41 Å². The molecule has 1 aliphatic rings. The maximum absolute atomic E-state index is 10.1. The molecule has 1 aromatic heterocycles. The Kier molecular flexibility index (Phi) is 6.43. The van der Waals surface area contributed by atoms with Crippen LogP contribution >= 0.6 is 0 Å². The van der Waals surface area contributed by atoms with Gasteiger partial charge >= 0.3 is 0 Å². The van der Waals surface area contributed by atoms with Crippen LogP contribution < -0.4 is 0 Å². The average Bonchev–Trinajstić information content (AvgIpc) is 3.31. The first-order valence-electron chi connectivity index (χ1n) is 10.7. The van der Waals surface area contributed by atoms with Gasteiger partial charge in [0.25, 0.3) is 0 Å². The second-order valence-corrected chi connectivity index (χ2v) is 8.39. The number of hydrogen-bond acceptors (Lipinski definition) is 3. The van der Waals surface area contributed by atoms with Crippen LogP contribution in [0.2, 0.25) is 0 Å². The van der Waals surface area contributed by atoms with Crippen LogP contribution in [0.15, 0.2) is 73.1 Å². The second-order valence-electron chi connectivity index (χ2n) is 8.39. The van der Waals surface area contributed by atoms with Gasteiger partial charge in [0.1, 0.15) is 0 Å². The molecule has 1 fully saturated rings. The SMILES string of the molecule is OCC1(CCCc2ccccc2)CCN(Cc2cccc(-n3cccn3)c2)CC1. The minimum absolute atomic E-state index is 0.0994. The van der Waals surface area contributed by atoms with E-state index in [1.165, 1.54) is 11.1 Å². The summed E-state index contributed by atoms with van der Waals surface area (Å²) in [7, 11) is 0. The lowest BCUT2D eigenvalue weighted by Gasteiger charge is -2.41. The van der Waals surface area contributed by atoms with Gasteiger partial charge in [-0.3, -0.25) is 4.90 Å². The van der Waals surface area contributed by atoms with E-state index in [9.17, 15) is 5.11 Å². The van der Waals surface area contributed by atoms with Crippen molar-refractivity contribution in [3.8, 4) is 5.69 Å². The first-order chi connectivity index (χ1) is 14.3. The lowest BCUT2D eigenvalue weighted by Crippen LogP contribution is -2.41. The van der Waals surface area contributed by atoms with Crippen molar-refractivity contribution in [2.75, 3.05) is 19.7 Å². The zero-order valence-electron chi connectivity index (χ0n) is 17.1. The summed E-state index contributed by atoms with van der Waals surface area (Å²) in [6, 6.07) is 21.3. The third-order valence-corrected chi connectivity index (χ3v) is 6.35. The Balaban J connectivity index is 1.29. The fraction of sp³-hybridized carbons (Fsp3) is 0.400. The lowest BCUT2D eigenvalue weighted by atomic mass is 9.75. The number of aryl methyl sites for hydroxylation is 1. The average molecular weight is 390 g/mol. The molecular weight excluding hydrogens is 358 g/mol. The van der Waals surface area contributed by atoms with Crippen molar-refractivity contribution in [3.05, 3.63) is 84.2 Å². The molecule has 0 spiro atoms. The van der Waals surface area contributed by atoms with E-state index in [0.29, 0.717) is 6.61 Å². The molecule has 0 unspecified atom stereocenters. The minimum Gasteiger partial charge on any atom is -0.396 e. The Morgan fingerprint density at radius 1 is 0.931 bits per heavy atom. The smallest absolute Gasteiger partial charge is 0.0648 e. The number of aliphatic hydroxyl groups excluding tert-OH is 1. The van der Waals surface area contributed by atoms with Gasteiger partial charge in [-0.15, -0.1) is 0 Å². The van der Waals surface area contributed by atoms with E-state index in [4.69, 9.17) is 0 Å². The quantitative estimate of drug-likeness (QED) is 0.618. The molecule has 0 amide bonds. The molecule has 0 saturated carbocycles. The molecule has 2 aromatic carbocycles. The molecule has 1 aliphatic heterocycles. The molecule has 1 saturated heterocycles. The van der Waals surface area contributed by atoms with Crippen LogP contribution in [0.5, 0.6) is 0 Å². The maximum Gasteiger partial charge on any atom is 0.0648 e. The van der Waals surface area contributed by atoms with Crippen molar-refractivity contribution < 1.29 is 5.11 Å². The predicted molar refractivity (Wildman–Crippen MR) is 117 cm³/mol. The molecule has 1 N–H and O–H groups in total. The number of hydrogen-bond donors (Lipinski definition) is 1. The summed E-state index contributed by atoms with van der Waals surface area (Å²) in [5.74, 6) is 0. The van der Waals surface area contributed by atoms with Gasteiger partial charge in [-0.05, 0) is 79.9 Å². The van der Waals surface area contributed by atoms with Gasteiger partial charge in [-0.1, -0.05) is 42.5 Å². The lowest BCUT2D eigenvalue weighted by molar-refractivity contribution is 0.0330. The van der Waals surface area contributed by atoms with Crippen LogP contribution in [0.4, 0.5) is 0 Å². The highest BCUT2D eigenvalue weighted by atomic mass is 16.3. The van der Waals surface area contributed by atoms with Crippen molar-refractivity contribution in [2.45, 2.75) is 38.6 Å². The Morgan fingerprint density at radius 3 is 2.45 bits per heavy atom. The monoisotopic (exact) mass is 389 g/mol. The molecule has 0 atom stereocenters. The number of rotatable bonds is 8. The first kappa shape index (κ1) is 19.9. The molecule has 0 radical (unpaired) electrons. The minimum atomic E-state index is 0.0994. The molecule has 4 rings (SSSR count). The number of aromatic nitrogens is 2. The largest absolute Gasteiger partial charge is 0.396 e. The van der Waals surface area contributed by atoms with Crippen LogP contribution in [0.25, 0.3) is 5.69 Å². The molecule has 29 heavy (non-hydrogen) atoms. The second kappa shape index (κ2) is 9.38. The van der Waals surface area contributed by atoms with Crippen molar-refractivity contribution in [1.82, 2.24) is 14.7 Å². The molecule has 3 aromatic rings. The zero-order valence-corrected chi connectivity index (χ0v) is 17.1. The number of piperidine rings is 1. The first-order valence-corrected chi connectivity index (χ1v) is 10.7. The topological polar surface area (TPSA) is 41.3 Å². The van der Waals surface area contributed by atoms with Gasteiger partial charge in [0.2, 0.25) is 0 Å². The van der Waals surface area contributed by atoms with Gasteiger partial charge in [-0.25, -0.2) is 4.68 Å². The highest BCUT2D eigenvalue weighted by molar-refractivity contribution is 5.35. The molecule has 4 heteroatoms. The molecule has 0 aliphatic carbocycles. The highest BCUT2D eigenvalue weighted by Gasteiger charge is 2.33. The summed E-state index contributed by atoms with van der Waals surface area (Å²) < 4.78 is 1.91. The van der Waals surface area contributed by atoms with Crippen LogP contribution in [0.3, 0.4) is 0 Å². The molecule has 0 bridgehead atoms. The molecule has 152 valence electrons. The van der Waals surface area contributed by atoms with E-state index < -0.39 is 0 Å². The van der Waals surface area contributed by atoms with E-state index in [1.807, 2.05) is 23.1 Å². The Labute approximate surface area is 173 Å². The standard InChI is InChI=1S/C25H31N3O/c29-21-25(12-5-10-22-7-2-1-3-8-22)13-17-27(18-14-25)20-23-9-4-11-24(19-23)28-16-6-15-26-28/h1-4,6-9,11,15-16,19,29H,5,10,12-14,17-18,20-21H2. The van der Waals surface area contributed by atoms with Crippen molar-refractivity contribution in [3.63, 3.8) is 0 Å². The third kappa shape index (κ3) is 5.14. The summed E-state index contributed by atoms with van der Waals surface area (Å²) in [5.41, 5.74) is 3.92.